The van der Waals surface area contributed by atoms with Crippen LogP contribution in [0.5, 0.6) is 5.88 Å². The first-order valence-corrected chi connectivity index (χ1v) is 9.46. The number of aromatic nitrogens is 6. The number of hydrogen-bond donors (Lipinski definition) is 2. The van der Waals surface area contributed by atoms with Crippen molar-refractivity contribution in [3.63, 3.8) is 0 Å². The van der Waals surface area contributed by atoms with Crippen molar-refractivity contribution in [2.45, 2.75) is 52.5 Å². The van der Waals surface area contributed by atoms with E-state index in [0.717, 1.165) is 25.7 Å². The van der Waals surface area contributed by atoms with E-state index in [1.54, 1.807) is 6.20 Å². The van der Waals surface area contributed by atoms with Crippen LogP contribution in [0, 0.1) is 11.3 Å². The van der Waals surface area contributed by atoms with Crippen LogP contribution >= 0.6 is 0 Å². The SMILES string of the molecule is CC(C)(C)[C@H]1CC[C@@H](n2ncc3nc(-n4cc(C(=O)O)cn4)nc(O)c32)CC1. The molecule has 28 heavy (non-hydrogen) atoms. The van der Waals surface area contributed by atoms with Gasteiger partial charge in [0.25, 0.3) is 5.95 Å². The molecule has 0 bridgehead atoms. The van der Waals surface area contributed by atoms with Gasteiger partial charge in [-0.2, -0.15) is 15.2 Å². The van der Waals surface area contributed by atoms with Gasteiger partial charge in [-0.3, -0.25) is 4.68 Å². The summed E-state index contributed by atoms with van der Waals surface area (Å²) in [6.07, 6.45) is 8.38. The van der Waals surface area contributed by atoms with Crippen molar-refractivity contribution in [2.24, 2.45) is 11.3 Å². The molecule has 0 spiro atoms. The van der Waals surface area contributed by atoms with Gasteiger partial charge in [-0.05, 0) is 37.0 Å². The van der Waals surface area contributed by atoms with E-state index in [0.29, 0.717) is 22.4 Å². The van der Waals surface area contributed by atoms with Crippen molar-refractivity contribution in [1.29, 1.82) is 0 Å². The minimum atomic E-state index is -1.09. The predicted octanol–water partition coefficient (Wildman–Crippen LogP) is 3.19. The Hall–Kier alpha value is -2.97. The van der Waals surface area contributed by atoms with Crippen molar-refractivity contribution in [3.05, 3.63) is 24.2 Å². The minimum Gasteiger partial charge on any atom is -0.492 e. The average molecular weight is 384 g/mol. The normalized spacial score (nSPS) is 20.5. The molecule has 1 fully saturated rings. The molecule has 0 aromatic carbocycles. The zero-order chi connectivity index (χ0) is 20.1. The van der Waals surface area contributed by atoms with Crippen LogP contribution in [-0.2, 0) is 0 Å². The summed E-state index contributed by atoms with van der Waals surface area (Å²) in [5, 5.41) is 28.0. The quantitative estimate of drug-likeness (QED) is 0.711. The Labute approximate surface area is 162 Å². The van der Waals surface area contributed by atoms with Gasteiger partial charge in [0.15, 0.2) is 0 Å². The Kier molecular flexibility index (Phi) is 4.32. The molecule has 0 amide bonds. The lowest BCUT2D eigenvalue weighted by atomic mass is 9.71. The van der Waals surface area contributed by atoms with Crippen molar-refractivity contribution in [2.75, 3.05) is 0 Å². The van der Waals surface area contributed by atoms with Gasteiger partial charge >= 0.3 is 5.97 Å². The third kappa shape index (κ3) is 3.21. The monoisotopic (exact) mass is 384 g/mol. The second-order valence-corrected chi connectivity index (χ2v) is 8.52. The highest BCUT2D eigenvalue weighted by Crippen LogP contribution is 2.42. The van der Waals surface area contributed by atoms with Crippen LogP contribution in [0.1, 0.15) is 62.9 Å². The molecule has 1 aliphatic rings. The maximum Gasteiger partial charge on any atom is 0.338 e. The molecule has 3 aromatic rings. The Morgan fingerprint density at radius 1 is 1.11 bits per heavy atom. The molecule has 0 saturated heterocycles. The summed E-state index contributed by atoms with van der Waals surface area (Å²) in [6.45, 7) is 6.86. The number of rotatable bonds is 3. The van der Waals surface area contributed by atoms with Gasteiger partial charge in [-0.25, -0.2) is 14.5 Å². The van der Waals surface area contributed by atoms with Crippen LogP contribution in [0.3, 0.4) is 0 Å². The van der Waals surface area contributed by atoms with Crippen LogP contribution in [0.2, 0.25) is 0 Å². The average Bonchev–Trinajstić information content (AvgIpc) is 3.28. The Morgan fingerprint density at radius 3 is 2.43 bits per heavy atom. The topological polar surface area (TPSA) is 119 Å². The summed E-state index contributed by atoms with van der Waals surface area (Å²) in [6, 6.07) is 0.208. The van der Waals surface area contributed by atoms with Crippen LogP contribution in [0.25, 0.3) is 17.0 Å². The number of hydrogen-bond acceptors (Lipinski definition) is 6. The highest BCUT2D eigenvalue weighted by Gasteiger charge is 2.31. The van der Waals surface area contributed by atoms with Gasteiger partial charge < -0.3 is 10.2 Å². The number of fused-ring (bicyclic) bond motifs is 1. The molecule has 0 unspecified atom stereocenters. The molecule has 148 valence electrons. The lowest BCUT2D eigenvalue weighted by Crippen LogP contribution is -2.27. The highest BCUT2D eigenvalue weighted by atomic mass is 16.4. The lowest BCUT2D eigenvalue weighted by molar-refractivity contribution is 0.0697. The third-order valence-corrected chi connectivity index (χ3v) is 5.72. The maximum absolute atomic E-state index is 11.0. The molecular weight excluding hydrogens is 360 g/mol. The fourth-order valence-corrected chi connectivity index (χ4v) is 4.04. The molecule has 1 saturated carbocycles. The van der Waals surface area contributed by atoms with E-state index in [9.17, 15) is 9.90 Å². The minimum absolute atomic E-state index is 0.0227. The van der Waals surface area contributed by atoms with Crippen LogP contribution in [0.4, 0.5) is 0 Å². The predicted molar refractivity (Wildman–Crippen MR) is 102 cm³/mol. The third-order valence-electron chi connectivity index (χ3n) is 5.72. The smallest absolute Gasteiger partial charge is 0.338 e. The Bertz CT molecular complexity index is 1020. The molecule has 9 heteroatoms. The molecule has 1 aliphatic carbocycles. The second kappa shape index (κ2) is 6.57. The van der Waals surface area contributed by atoms with Gasteiger partial charge in [0, 0.05) is 6.20 Å². The van der Waals surface area contributed by atoms with Gasteiger partial charge in [0.05, 0.1) is 24.0 Å². The lowest BCUT2D eigenvalue weighted by Gasteiger charge is -2.37. The molecule has 9 nitrogen and oxygen atoms in total. The van der Waals surface area contributed by atoms with Crippen molar-refractivity contribution >= 4 is 17.0 Å². The molecular formula is C19H24N6O3. The Balaban J connectivity index is 1.63. The van der Waals surface area contributed by atoms with Crippen LogP contribution in [0.15, 0.2) is 18.6 Å². The van der Waals surface area contributed by atoms with E-state index in [4.69, 9.17) is 5.11 Å². The van der Waals surface area contributed by atoms with Crippen molar-refractivity contribution < 1.29 is 15.0 Å². The van der Waals surface area contributed by atoms with E-state index in [-0.39, 0.29) is 23.4 Å². The number of aromatic carboxylic acids is 1. The number of aromatic hydroxyl groups is 1. The summed E-state index contributed by atoms with van der Waals surface area (Å²) in [4.78, 5) is 19.6. The fourth-order valence-electron chi connectivity index (χ4n) is 4.04. The molecule has 0 aliphatic heterocycles. The molecule has 0 atom stereocenters. The summed E-state index contributed by atoms with van der Waals surface area (Å²) >= 11 is 0. The van der Waals surface area contributed by atoms with E-state index < -0.39 is 5.97 Å². The maximum atomic E-state index is 11.0. The zero-order valence-corrected chi connectivity index (χ0v) is 16.2. The second-order valence-electron chi connectivity index (χ2n) is 8.52. The highest BCUT2D eigenvalue weighted by molar-refractivity contribution is 5.87. The molecule has 3 heterocycles. The Morgan fingerprint density at radius 2 is 1.82 bits per heavy atom. The van der Waals surface area contributed by atoms with Gasteiger partial charge in [0.2, 0.25) is 5.88 Å². The van der Waals surface area contributed by atoms with E-state index >= 15 is 0 Å². The number of carboxylic acids is 1. The molecule has 2 N–H and O–H groups in total. The first-order valence-electron chi connectivity index (χ1n) is 9.46. The summed E-state index contributed by atoms with van der Waals surface area (Å²) < 4.78 is 3.06. The van der Waals surface area contributed by atoms with Crippen LogP contribution < -0.4 is 0 Å². The first kappa shape index (κ1) is 18.4. The number of carboxylic acid groups (broad SMARTS) is 1. The van der Waals surface area contributed by atoms with Gasteiger partial charge in [0.1, 0.15) is 11.0 Å². The first-order chi connectivity index (χ1) is 13.2. The van der Waals surface area contributed by atoms with E-state index in [2.05, 4.69) is 40.9 Å². The van der Waals surface area contributed by atoms with Gasteiger partial charge in [-0.1, -0.05) is 20.8 Å². The molecule has 0 radical (unpaired) electrons. The van der Waals surface area contributed by atoms with Gasteiger partial charge in [-0.15, -0.1) is 0 Å². The fraction of sp³-hybridized carbons (Fsp3) is 0.526. The molecule has 4 rings (SSSR count). The summed E-state index contributed by atoms with van der Waals surface area (Å²) in [5.41, 5.74) is 1.34. The largest absolute Gasteiger partial charge is 0.492 e. The van der Waals surface area contributed by atoms with E-state index in [1.807, 2.05) is 4.68 Å². The molecule has 3 aromatic heterocycles. The summed E-state index contributed by atoms with van der Waals surface area (Å²) in [5.74, 6) is -0.475. The number of nitrogens with zero attached hydrogens (tertiary/aromatic N) is 6. The summed E-state index contributed by atoms with van der Waals surface area (Å²) in [7, 11) is 0. The number of carbonyl (C=O) groups is 1. The standard InChI is InChI=1S/C19H24N6O3/c1-19(2,3)12-4-6-13(7-5-12)25-15-14(9-21-25)22-18(23-16(15)26)24-10-11(8-20-24)17(27)28/h8-10,12-13H,4-7H2,1-3H3,(H,27,28)(H,22,23,26)/t12-,13+. The van der Waals surface area contributed by atoms with Crippen LogP contribution in [-0.4, -0.2) is 45.7 Å². The zero-order valence-electron chi connectivity index (χ0n) is 16.2. The van der Waals surface area contributed by atoms with Crippen molar-refractivity contribution in [3.8, 4) is 11.8 Å². The van der Waals surface area contributed by atoms with Crippen molar-refractivity contribution in [1.82, 2.24) is 29.5 Å². The van der Waals surface area contributed by atoms with E-state index in [1.165, 1.54) is 17.1 Å².